The van der Waals surface area contributed by atoms with Crippen molar-refractivity contribution in [2.24, 2.45) is 0 Å². The molecule has 1 heterocycles. The van der Waals surface area contributed by atoms with E-state index in [-0.39, 0.29) is 6.04 Å². The van der Waals surface area contributed by atoms with Gasteiger partial charge in [-0.25, -0.2) is 13.1 Å². The van der Waals surface area contributed by atoms with Crippen molar-refractivity contribution in [3.05, 3.63) is 51.3 Å². The molecule has 1 N–H and O–H groups in total. The molecule has 0 radical (unpaired) electrons. The fourth-order valence-corrected chi connectivity index (χ4v) is 5.10. The van der Waals surface area contributed by atoms with Gasteiger partial charge in [0, 0.05) is 6.04 Å². The summed E-state index contributed by atoms with van der Waals surface area (Å²) in [4.78, 5) is 0. The monoisotopic (exact) mass is 373 g/mol. The predicted molar refractivity (Wildman–Crippen MR) is 86.6 cm³/mol. The maximum Gasteiger partial charge on any atom is 0.250 e. The van der Waals surface area contributed by atoms with E-state index in [9.17, 15) is 8.42 Å². The molecule has 0 fully saturated rings. The first-order chi connectivity index (χ1) is 9.42. The Balaban J connectivity index is 2.15. The van der Waals surface area contributed by atoms with Gasteiger partial charge in [-0.05, 0) is 52.5 Å². The van der Waals surface area contributed by atoms with Gasteiger partial charge in [-0.15, -0.1) is 11.3 Å². The second-order valence-corrected chi connectivity index (χ2v) is 8.90. The Labute approximate surface area is 132 Å². The number of sulfonamides is 1. The van der Waals surface area contributed by atoms with Crippen molar-refractivity contribution in [3.8, 4) is 0 Å². The molecule has 6 heteroatoms. The Bertz CT molecular complexity index is 677. The molecule has 3 nitrogen and oxygen atoms in total. The normalized spacial score (nSPS) is 13.3. The van der Waals surface area contributed by atoms with E-state index in [1.165, 1.54) is 16.9 Å². The zero-order valence-corrected chi connectivity index (χ0v) is 14.5. The van der Waals surface area contributed by atoms with Crippen LogP contribution in [0.5, 0.6) is 0 Å². The molecule has 0 aliphatic rings. The minimum atomic E-state index is -3.46. The summed E-state index contributed by atoms with van der Waals surface area (Å²) in [5, 5.41) is 0. The van der Waals surface area contributed by atoms with Crippen molar-refractivity contribution in [3.63, 3.8) is 0 Å². The molecule has 0 aliphatic heterocycles. The van der Waals surface area contributed by atoms with Crippen LogP contribution in [0.15, 0.2) is 44.4 Å². The number of thiophene rings is 1. The summed E-state index contributed by atoms with van der Waals surface area (Å²) < 4.78 is 28.3. The lowest BCUT2D eigenvalue weighted by Gasteiger charge is -2.14. The summed E-state index contributed by atoms with van der Waals surface area (Å²) in [6, 6.07) is 11.1. The lowest BCUT2D eigenvalue weighted by atomic mass is 10.1. The number of aryl methyl sites for hydroxylation is 1. The number of benzene rings is 1. The SMILES string of the molecule is CCc1ccc(C(C)NS(=O)(=O)c2ccc(Br)s2)cc1. The van der Waals surface area contributed by atoms with Crippen LogP contribution in [0.3, 0.4) is 0 Å². The molecule has 2 rings (SSSR count). The summed E-state index contributed by atoms with van der Waals surface area (Å²) in [6.45, 7) is 3.94. The van der Waals surface area contributed by atoms with E-state index in [4.69, 9.17) is 0 Å². The first kappa shape index (κ1) is 15.7. The largest absolute Gasteiger partial charge is 0.250 e. The molecule has 0 amide bonds. The predicted octanol–water partition coefficient (Wildman–Crippen LogP) is 4.11. The van der Waals surface area contributed by atoms with Crippen LogP contribution in [0.1, 0.15) is 31.0 Å². The maximum atomic E-state index is 12.2. The lowest BCUT2D eigenvalue weighted by molar-refractivity contribution is 0.569. The van der Waals surface area contributed by atoms with Gasteiger partial charge in [-0.1, -0.05) is 31.2 Å². The van der Waals surface area contributed by atoms with Crippen LogP contribution in [0.25, 0.3) is 0 Å². The molecule has 0 saturated carbocycles. The highest BCUT2D eigenvalue weighted by molar-refractivity contribution is 9.11. The van der Waals surface area contributed by atoms with Crippen LogP contribution < -0.4 is 4.72 Å². The number of hydrogen-bond donors (Lipinski definition) is 1. The fraction of sp³-hybridized carbons (Fsp3) is 0.286. The molecule has 0 aliphatic carbocycles. The Kier molecular flexibility index (Phi) is 5.01. The summed E-state index contributed by atoms with van der Waals surface area (Å²) in [6.07, 6.45) is 0.976. The van der Waals surface area contributed by atoms with Gasteiger partial charge in [0.1, 0.15) is 4.21 Å². The molecular weight excluding hydrogens is 358 g/mol. The Hall–Kier alpha value is -0.690. The Morgan fingerprint density at radius 1 is 1.20 bits per heavy atom. The highest BCUT2D eigenvalue weighted by Crippen LogP contribution is 2.27. The zero-order chi connectivity index (χ0) is 14.8. The van der Waals surface area contributed by atoms with Crippen LogP contribution in [0.4, 0.5) is 0 Å². The van der Waals surface area contributed by atoms with E-state index < -0.39 is 10.0 Å². The van der Waals surface area contributed by atoms with Gasteiger partial charge in [-0.3, -0.25) is 0 Å². The average Bonchev–Trinajstić information content (AvgIpc) is 2.86. The van der Waals surface area contributed by atoms with Crippen molar-refractivity contribution < 1.29 is 8.42 Å². The number of nitrogens with one attached hydrogen (secondary N) is 1. The molecule has 0 saturated heterocycles. The summed E-state index contributed by atoms with van der Waals surface area (Å²) in [5.74, 6) is 0. The molecule has 20 heavy (non-hydrogen) atoms. The minimum absolute atomic E-state index is 0.258. The summed E-state index contributed by atoms with van der Waals surface area (Å²) >= 11 is 4.48. The van der Waals surface area contributed by atoms with Crippen LogP contribution in [-0.4, -0.2) is 8.42 Å². The van der Waals surface area contributed by atoms with Gasteiger partial charge >= 0.3 is 0 Å². The van der Waals surface area contributed by atoms with E-state index in [2.05, 4.69) is 27.6 Å². The first-order valence-corrected chi connectivity index (χ1v) is 9.38. The smallest absolute Gasteiger partial charge is 0.206 e. The minimum Gasteiger partial charge on any atom is -0.206 e. The van der Waals surface area contributed by atoms with Gasteiger partial charge in [-0.2, -0.15) is 0 Å². The van der Waals surface area contributed by atoms with E-state index in [1.807, 2.05) is 31.2 Å². The molecule has 1 aromatic heterocycles. The van der Waals surface area contributed by atoms with Crippen molar-refractivity contribution in [2.45, 2.75) is 30.5 Å². The van der Waals surface area contributed by atoms with Crippen molar-refractivity contribution in [2.75, 3.05) is 0 Å². The summed E-state index contributed by atoms with van der Waals surface area (Å²) in [5.41, 5.74) is 2.20. The lowest BCUT2D eigenvalue weighted by Crippen LogP contribution is -2.26. The quantitative estimate of drug-likeness (QED) is 0.856. The van der Waals surface area contributed by atoms with Crippen LogP contribution >= 0.6 is 27.3 Å². The fourth-order valence-electron chi connectivity index (χ4n) is 1.84. The van der Waals surface area contributed by atoms with Crippen LogP contribution in [0, 0.1) is 0 Å². The molecule has 2 aromatic rings. The number of halogens is 1. The van der Waals surface area contributed by atoms with Crippen LogP contribution in [0.2, 0.25) is 0 Å². The highest BCUT2D eigenvalue weighted by Gasteiger charge is 2.20. The van der Waals surface area contributed by atoms with Gasteiger partial charge in [0.05, 0.1) is 3.79 Å². The second-order valence-electron chi connectivity index (χ2n) is 4.50. The molecule has 1 atom stereocenters. The third-order valence-corrected chi connectivity index (χ3v) is 6.69. The zero-order valence-electron chi connectivity index (χ0n) is 11.3. The van der Waals surface area contributed by atoms with Gasteiger partial charge < -0.3 is 0 Å². The molecule has 108 valence electrons. The van der Waals surface area contributed by atoms with E-state index in [0.29, 0.717) is 4.21 Å². The standard InChI is InChI=1S/C14H16BrNO2S2/c1-3-11-4-6-12(7-5-11)10(2)16-20(17,18)14-9-8-13(15)19-14/h4-10,16H,3H2,1-2H3. The van der Waals surface area contributed by atoms with E-state index in [1.54, 1.807) is 12.1 Å². The van der Waals surface area contributed by atoms with Gasteiger partial charge in [0.15, 0.2) is 0 Å². The van der Waals surface area contributed by atoms with Crippen LogP contribution in [-0.2, 0) is 16.4 Å². The Morgan fingerprint density at radius 2 is 1.85 bits per heavy atom. The van der Waals surface area contributed by atoms with Crippen molar-refractivity contribution in [1.29, 1.82) is 0 Å². The average molecular weight is 374 g/mol. The molecule has 0 spiro atoms. The van der Waals surface area contributed by atoms with Crippen molar-refractivity contribution >= 4 is 37.3 Å². The number of hydrogen-bond acceptors (Lipinski definition) is 3. The van der Waals surface area contributed by atoms with E-state index in [0.717, 1.165) is 15.8 Å². The van der Waals surface area contributed by atoms with Crippen molar-refractivity contribution in [1.82, 2.24) is 4.72 Å². The topological polar surface area (TPSA) is 46.2 Å². The molecule has 1 aromatic carbocycles. The Morgan fingerprint density at radius 3 is 2.35 bits per heavy atom. The van der Waals surface area contributed by atoms with Gasteiger partial charge in [0.25, 0.3) is 10.0 Å². The third-order valence-electron chi connectivity index (χ3n) is 3.03. The molecule has 0 bridgehead atoms. The van der Waals surface area contributed by atoms with E-state index >= 15 is 0 Å². The second kappa shape index (κ2) is 6.39. The third kappa shape index (κ3) is 3.69. The number of rotatable bonds is 5. The summed E-state index contributed by atoms with van der Waals surface area (Å²) in [7, 11) is -3.46. The molecular formula is C14H16BrNO2S2. The van der Waals surface area contributed by atoms with Gasteiger partial charge in [0.2, 0.25) is 0 Å². The maximum absolute atomic E-state index is 12.2. The first-order valence-electron chi connectivity index (χ1n) is 6.29. The highest BCUT2D eigenvalue weighted by atomic mass is 79.9. The molecule has 1 unspecified atom stereocenters.